The second-order valence-electron chi connectivity index (χ2n) is 4.65. The van der Waals surface area contributed by atoms with E-state index in [9.17, 15) is 10.1 Å². The van der Waals surface area contributed by atoms with Crippen LogP contribution in [-0.2, 0) is 6.54 Å². The van der Waals surface area contributed by atoms with Crippen LogP contribution in [0.15, 0.2) is 0 Å². The molecule has 1 atom stereocenters. The highest BCUT2D eigenvalue weighted by Crippen LogP contribution is 2.24. The molecule has 0 saturated heterocycles. The summed E-state index contributed by atoms with van der Waals surface area (Å²) in [5.41, 5.74) is 1.24. The molecule has 0 radical (unpaired) electrons. The van der Waals surface area contributed by atoms with Crippen molar-refractivity contribution in [2.45, 2.75) is 34.2 Å². The number of aryl methyl sites for hydroxylation is 1. The molecule has 0 bridgehead atoms. The number of thiol groups is 1. The molecule has 0 aromatic carbocycles. The zero-order valence-corrected chi connectivity index (χ0v) is 11.6. The third-order valence-electron chi connectivity index (χ3n) is 3.11. The minimum absolute atomic E-state index is 0.131. The predicted octanol–water partition coefficient (Wildman–Crippen LogP) is 2.61. The van der Waals surface area contributed by atoms with E-state index in [1.165, 1.54) is 0 Å². The van der Waals surface area contributed by atoms with Crippen LogP contribution in [0, 0.1) is 35.8 Å². The molecular formula is C11H19N3O2S. The molecule has 5 nitrogen and oxygen atoms in total. The van der Waals surface area contributed by atoms with Crippen LogP contribution in [0.4, 0.5) is 5.69 Å². The SMILES string of the molecule is Cc1nn(CC(CS)C(C)C)c(C)c1[N+](=O)[O-]. The molecule has 1 unspecified atom stereocenters. The molecule has 1 rings (SSSR count). The zero-order chi connectivity index (χ0) is 13.2. The number of rotatable bonds is 5. The lowest BCUT2D eigenvalue weighted by Gasteiger charge is -2.18. The predicted molar refractivity (Wildman–Crippen MR) is 70.5 cm³/mol. The van der Waals surface area contributed by atoms with Crippen molar-refractivity contribution in [3.05, 3.63) is 21.5 Å². The largest absolute Gasteiger partial charge is 0.312 e. The lowest BCUT2D eigenvalue weighted by Crippen LogP contribution is -2.19. The van der Waals surface area contributed by atoms with Gasteiger partial charge in [-0.1, -0.05) is 13.8 Å². The van der Waals surface area contributed by atoms with Crippen LogP contribution in [0.3, 0.4) is 0 Å². The van der Waals surface area contributed by atoms with Gasteiger partial charge in [-0.15, -0.1) is 0 Å². The third kappa shape index (κ3) is 3.00. The first-order valence-corrected chi connectivity index (χ1v) is 6.31. The minimum Gasteiger partial charge on any atom is -0.262 e. The van der Waals surface area contributed by atoms with Gasteiger partial charge in [0, 0.05) is 6.54 Å². The summed E-state index contributed by atoms with van der Waals surface area (Å²) in [5, 5.41) is 15.1. The van der Waals surface area contributed by atoms with Crippen molar-refractivity contribution in [1.82, 2.24) is 9.78 Å². The Hall–Kier alpha value is -1.04. The number of aromatic nitrogens is 2. The second-order valence-corrected chi connectivity index (χ2v) is 5.01. The van der Waals surface area contributed by atoms with Crippen molar-refractivity contribution in [2.75, 3.05) is 5.75 Å². The van der Waals surface area contributed by atoms with Crippen LogP contribution >= 0.6 is 12.6 Å². The van der Waals surface area contributed by atoms with E-state index in [0.717, 1.165) is 5.75 Å². The van der Waals surface area contributed by atoms with E-state index in [-0.39, 0.29) is 10.6 Å². The molecule has 1 aromatic heterocycles. The summed E-state index contributed by atoms with van der Waals surface area (Å²) in [6.45, 7) is 8.35. The Kier molecular flexibility index (Phi) is 4.56. The van der Waals surface area contributed by atoms with Crippen molar-refractivity contribution < 1.29 is 4.92 Å². The van der Waals surface area contributed by atoms with Gasteiger partial charge in [0.2, 0.25) is 0 Å². The van der Waals surface area contributed by atoms with Gasteiger partial charge in [-0.2, -0.15) is 17.7 Å². The number of hydrogen-bond acceptors (Lipinski definition) is 4. The Morgan fingerprint density at radius 2 is 2.06 bits per heavy atom. The Balaban J connectivity index is 3.00. The lowest BCUT2D eigenvalue weighted by atomic mass is 9.98. The molecule has 1 aromatic rings. The summed E-state index contributed by atoms with van der Waals surface area (Å²) in [7, 11) is 0. The third-order valence-corrected chi connectivity index (χ3v) is 3.58. The lowest BCUT2D eigenvalue weighted by molar-refractivity contribution is -0.386. The minimum atomic E-state index is -0.362. The highest BCUT2D eigenvalue weighted by atomic mass is 32.1. The maximum absolute atomic E-state index is 10.9. The molecule has 17 heavy (non-hydrogen) atoms. The molecule has 0 N–H and O–H groups in total. The van der Waals surface area contributed by atoms with E-state index >= 15 is 0 Å². The van der Waals surface area contributed by atoms with Crippen molar-refractivity contribution in [1.29, 1.82) is 0 Å². The van der Waals surface area contributed by atoms with Crippen LogP contribution in [0.25, 0.3) is 0 Å². The molecule has 0 fully saturated rings. The first-order chi connectivity index (χ1) is 7.88. The first-order valence-electron chi connectivity index (χ1n) is 5.67. The molecule has 0 saturated carbocycles. The van der Waals surface area contributed by atoms with E-state index < -0.39 is 0 Å². The van der Waals surface area contributed by atoms with Crippen molar-refractivity contribution in [2.24, 2.45) is 11.8 Å². The summed E-state index contributed by atoms with van der Waals surface area (Å²) in [4.78, 5) is 10.5. The van der Waals surface area contributed by atoms with Gasteiger partial charge in [0.1, 0.15) is 11.4 Å². The topological polar surface area (TPSA) is 61.0 Å². The normalized spacial score (nSPS) is 13.1. The molecule has 0 aliphatic carbocycles. The summed E-state index contributed by atoms with van der Waals surface area (Å²) < 4.78 is 1.73. The van der Waals surface area contributed by atoms with Crippen molar-refractivity contribution in [3.8, 4) is 0 Å². The van der Waals surface area contributed by atoms with E-state index in [4.69, 9.17) is 0 Å². The molecule has 1 heterocycles. The smallest absolute Gasteiger partial charge is 0.262 e. The molecule has 0 aliphatic rings. The van der Waals surface area contributed by atoms with Crippen LogP contribution in [0.1, 0.15) is 25.2 Å². The van der Waals surface area contributed by atoms with Gasteiger partial charge in [0.15, 0.2) is 0 Å². The summed E-state index contributed by atoms with van der Waals surface area (Å²) in [6, 6.07) is 0. The van der Waals surface area contributed by atoms with E-state index in [2.05, 4.69) is 31.6 Å². The van der Waals surface area contributed by atoms with Crippen molar-refractivity contribution in [3.63, 3.8) is 0 Å². The number of nitrogens with zero attached hydrogens (tertiary/aromatic N) is 3. The summed E-state index contributed by atoms with van der Waals surface area (Å²) in [5.74, 6) is 1.61. The highest BCUT2D eigenvalue weighted by Gasteiger charge is 2.23. The van der Waals surface area contributed by atoms with Crippen LogP contribution in [-0.4, -0.2) is 20.5 Å². The first kappa shape index (κ1) is 14.0. The average molecular weight is 257 g/mol. The number of nitro groups is 1. The molecule has 0 aliphatic heterocycles. The van der Waals surface area contributed by atoms with Crippen molar-refractivity contribution >= 4 is 18.3 Å². The Morgan fingerprint density at radius 1 is 1.47 bits per heavy atom. The van der Waals surface area contributed by atoms with Gasteiger partial charge < -0.3 is 0 Å². The highest BCUT2D eigenvalue weighted by molar-refractivity contribution is 7.80. The Morgan fingerprint density at radius 3 is 2.41 bits per heavy atom. The molecule has 96 valence electrons. The molecular weight excluding hydrogens is 238 g/mol. The average Bonchev–Trinajstić information content (AvgIpc) is 2.49. The fourth-order valence-electron chi connectivity index (χ4n) is 1.83. The van der Waals surface area contributed by atoms with Gasteiger partial charge >= 0.3 is 5.69 Å². The summed E-state index contributed by atoms with van der Waals surface area (Å²) in [6.07, 6.45) is 0. The molecule has 6 heteroatoms. The van der Waals surface area contributed by atoms with Gasteiger partial charge in [-0.25, -0.2) is 0 Å². The quantitative estimate of drug-likeness (QED) is 0.501. The Bertz CT molecular complexity index is 415. The van der Waals surface area contributed by atoms with Gasteiger partial charge in [-0.05, 0) is 31.4 Å². The monoisotopic (exact) mass is 257 g/mol. The maximum atomic E-state index is 10.9. The van der Waals surface area contributed by atoms with E-state index in [1.54, 1.807) is 18.5 Å². The van der Waals surface area contributed by atoms with Gasteiger partial charge in [0.05, 0.1) is 4.92 Å². The molecule has 0 amide bonds. The number of hydrogen-bond donors (Lipinski definition) is 1. The maximum Gasteiger partial charge on any atom is 0.312 e. The van der Waals surface area contributed by atoms with E-state index in [1.807, 2.05) is 0 Å². The van der Waals surface area contributed by atoms with Crippen LogP contribution in [0.5, 0.6) is 0 Å². The van der Waals surface area contributed by atoms with Crippen LogP contribution in [0.2, 0.25) is 0 Å². The van der Waals surface area contributed by atoms with E-state index in [0.29, 0.717) is 29.8 Å². The fourth-order valence-corrected chi connectivity index (χ4v) is 2.37. The molecule has 0 spiro atoms. The van der Waals surface area contributed by atoms with Gasteiger partial charge in [0.25, 0.3) is 0 Å². The summed E-state index contributed by atoms with van der Waals surface area (Å²) >= 11 is 4.32. The standard InChI is InChI=1S/C11H19N3O2S/c1-7(2)10(6-17)5-13-9(4)11(14(15)16)8(3)12-13/h7,10,17H,5-6H2,1-4H3. The van der Waals surface area contributed by atoms with Crippen LogP contribution < -0.4 is 0 Å². The van der Waals surface area contributed by atoms with Gasteiger partial charge in [-0.3, -0.25) is 14.8 Å². The fraction of sp³-hybridized carbons (Fsp3) is 0.727. The zero-order valence-electron chi connectivity index (χ0n) is 10.7. The second kappa shape index (κ2) is 5.53. The Labute approximate surface area is 107 Å².